The van der Waals surface area contributed by atoms with Crippen molar-refractivity contribution in [2.45, 2.75) is 25.8 Å². The molecule has 1 aliphatic rings. The minimum atomic E-state index is -0.0869. The van der Waals surface area contributed by atoms with Crippen LogP contribution in [-0.2, 0) is 13.0 Å². The van der Waals surface area contributed by atoms with Gasteiger partial charge in [0.25, 0.3) is 5.91 Å². The lowest BCUT2D eigenvalue weighted by Gasteiger charge is -2.17. The molecule has 3 amide bonds. The van der Waals surface area contributed by atoms with Crippen molar-refractivity contribution in [3.63, 3.8) is 0 Å². The second-order valence-electron chi connectivity index (χ2n) is 7.71. The van der Waals surface area contributed by atoms with Gasteiger partial charge in [-0.15, -0.1) is 0 Å². The molecule has 8 nitrogen and oxygen atoms in total. The van der Waals surface area contributed by atoms with Crippen LogP contribution < -0.4 is 21.3 Å². The van der Waals surface area contributed by atoms with E-state index in [4.69, 9.17) is 0 Å². The van der Waals surface area contributed by atoms with Gasteiger partial charge in [0, 0.05) is 51.5 Å². The van der Waals surface area contributed by atoms with Crippen molar-refractivity contribution < 1.29 is 9.59 Å². The highest BCUT2D eigenvalue weighted by Crippen LogP contribution is 2.14. The van der Waals surface area contributed by atoms with E-state index >= 15 is 0 Å². The predicted molar refractivity (Wildman–Crippen MR) is 128 cm³/mol. The van der Waals surface area contributed by atoms with E-state index in [0.29, 0.717) is 24.6 Å². The normalized spacial score (nSPS) is 13.6. The number of hydrogen-bond acceptors (Lipinski definition) is 3. The summed E-state index contributed by atoms with van der Waals surface area (Å²) < 4.78 is 0. The summed E-state index contributed by atoms with van der Waals surface area (Å²) in [5.41, 5.74) is 3.57. The Hall–Kier alpha value is -3.55. The van der Waals surface area contributed by atoms with Crippen LogP contribution in [0.25, 0.3) is 0 Å². The fourth-order valence-electron chi connectivity index (χ4n) is 3.63. The Bertz CT molecular complexity index is 953. The van der Waals surface area contributed by atoms with Crippen LogP contribution in [0.15, 0.2) is 53.5 Å². The molecule has 0 radical (unpaired) electrons. The molecular formula is C24H32N6O2. The van der Waals surface area contributed by atoms with Gasteiger partial charge >= 0.3 is 6.03 Å². The van der Waals surface area contributed by atoms with Crippen LogP contribution in [0.4, 0.5) is 10.5 Å². The van der Waals surface area contributed by atoms with Crippen molar-refractivity contribution in [3.05, 3.63) is 65.2 Å². The lowest BCUT2D eigenvalue weighted by molar-refractivity contribution is 0.0963. The molecule has 0 saturated carbocycles. The maximum Gasteiger partial charge on any atom is 0.321 e. The average Bonchev–Trinajstić information content (AvgIpc) is 3.36. The second-order valence-corrected chi connectivity index (χ2v) is 7.71. The number of likely N-dealkylation sites (tertiary alicyclic amines) is 1. The molecule has 0 unspecified atom stereocenters. The quantitative estimate of drug-likeness (QED) is 0.396. The maximum atomic E-state index is 12.3. The Labute approximate surface area is 189 Å². The molecule has 0 spiro atoms. The van der Waals surface area contributed by atoms with Crippen molar-refractivity contribution in [1.29, 1.82) is 0 Å². The SMILES string of the molecule is CN=C(NCCc1cccc(C(=O)NC)c1)NCc1cccc(NC(=O)N2CCCC2)c1. The van der Waals surface area contributed by atoms with E-state index in [-0.39, 0.29) is 11.9 Å². The van der Waals surface area contributed by atoms with Gasteiger partial charge in [-0.25, -0.2) is 4.79 Å². The molecule has 0 aliphatic carbocycles. The minimum absolute atomic E-state index is 0.0365. The third kappa shape index (κ3) is 6.73. The van der Waals surface area contributed by atoms with Gasteiger partial charge in [-0.05, 0) is 54.7 Å². The number of nitrogens with zero attached hydrogens (tertiary/aromatic N) is 2. The smallest absolute Gasteiger partial charge is 0.321 e. The van der Waals surface area contributed by atoms with E-state index in [2.05, 4.69) is 26.3 Å². The van der Waals surface area contributed by atoms with Gasteiger partial charge in [0.1, 0.15) is 0 Å². The van der Waals surface area contributed by atoms with Crippen molar-refractivity contribution in [2.75, 3.05) is 39.0 Å². The van der Waals surface area contributed by atoms with Crippen molar-refractivity contribution in [1.82, 2.24) is 20.9 Å². The van der Waals surface area contributed by atoms with E-state index in [0.717, 1.165) is 49.2 Å². The molecule has 2 aromatic carbocycles. The summed E-state index contributed by atoms with van der Waals surface area (Å²) in [4.78, 5) is 30.2. The third-order valence-electron chi connectivity index (χ3n) is 5.38. The number of amides is 3. The zero-order chi connectivity index (χ0) is 22.8. The number of carbonyl (C=O) groups excluding carboxylic acids is 2. The number of rotatable bonds is 7. The topological polar surface area (TPSA) is 97.9 Å². The zero-order valence-corrected chi connectivity index (χ0v) is 18.8. The fraction of sp³-hybridized carbons (Fsp3) is 0.375. The Morgan fingerprint density at radius 2 is 1.75 bits per heavy atom. The third-order valence-corrected chi connectivity index (χ3v) is 5.38. The van der Waals surface area contributed by atoms with E-state index in [1.807, 2.05) is 47.4 Å². The summed E-state index contributed by atoms with van der Waals surface area (Å²) in [5, 5.41) is 12.2. The zero-order valence-electron chi connectivity index (χ0n) is 18.8. The Morgan fingerprint density at radius 1 is 1.00 bits per heavy atom. The molecular weight excluding hydrogens is 404 g/mol. The van der Waals surface area contributed by atoms with E-state index in [1.54, 1.807) is 20.2 Å². The molecule has 0 atom stereocenters. The standard InChI is InChI=1S/C24H32N6O2/c1-25-22(31)20-9-5-7-18(15-20)11-12-27-23(26-2)28-17-19-8-6-10-21(16-19)29-24(32)30-13-3-4-14-30/h5-10,15-16H,3-4,11-14,17H2,1-2H3,(H,25,31)(H,29,32)(H2,26,27,28). The Balaban J connectivity index is 1.46. The molecule has 1 saturated heterocycles. The summed E-state index contributed by atoms with van der Waals surface area (Å²) in [6.07, 6.45) is 2.91. The molecule has 1 fully saturated rings. The first-order valence-electron chi connectivity index (χ1n) is 11.0. The highest BCUT2D eigenvalue weighted by Gasteiger charge is 2.17. The Morgan fingerprint density at radius 3 is 2.50 bits per heavy atom. The molecule has 0 bridgehead atoms. The number of urea groups is 1. The molecule has 1 aliphatic heterocycles. The van der Waals surface area contributed by atoms with Crippen LogP contribution in [0, 0.1) is 0 Å². The summed E-state index contributed by atoms with van der Waals surface area (Å²) in [7, 11) is 3.36. The van der Waals surface area contributed by atoms with Gasteiger partial charge in [-0.1, -0.05) is 24.3 Å². The predicted octanol–water partition coefficient (Wildman–Crippen LogP) is 2.58. The lowest BCUT2D eigenvalue weighted by atomic mass is 10.1. The number of benzene rings is 2. The highest BCUT2D eigenvalue weighted by molar-refractivity contribution is 5.94. The second kappa shape index (κ2) is 11.7. The van der Waals surface area contributed by atoms with Crippen molar-refractivity contribution in [2.24, 2.45) is 4.99 Å². The number of hydrogen-bond donors (Lipinski definition) is 4. The number of aliphatic imine (C=N–C) groups is 1. The molecule has 170 valence electrons. The van der Waals surface area contributed by atoms with Gasteiger partial charge in [0.05, 0.1) is 0 Å². The van der Waals surface area contributed by atoms with Crippen LogP contribution in [0.1, 0.15) is 34.3 Å². The van der Waals surface area contributed by atoms with Gasteiger partial charge in [0.2, 0.25) is 0 Å². The van der Waals surface area contributed by atoms with E-state index < -0.39 is 0 Å². The number of carbonyl (C=O) groups is 2. The van der Waals surface area contributed by atoms with Crippen molar-refractivity contribution in [3.8, 4) is 0 Å². The maximum absolute atomic E-state index is 12.3. The summed E-state index contributed by atoms with van der Waals surface area (Å²) in [6.45, 7) is 2.92. The van der Waals surface area contributed by atoms with E-state index in [9.17, 15) is 9.59 Å². The van der Waals surface area contributed by atoms with Crippen LogP contribution in [0.2, 0.25) is 0 Å². The summed E-state index contributed by atoms with van der Waals surface area (Å²) in [5.74, 6) is 0.607. The highest BCUT2D eigenvalue weighted by atomic mass is 16.2. The van der Waals surface area contributed by atoms with Gasteiger partial charge in [-0.3, -0.25) is 9.79 Å². The lowest BCUT2D eigenvalue weighted by Crippen LogP contribution is -2.37. The molecule has 3 rings (SSSR count). The molecule has 2 aromatic rings. The fourth-order valence-corrected chi connectivity index (χ4v) is 3.63. The van der Waals surface area contributed by atoms with Crippen LogP contribution in [0.3, 0.4) is 0 Å². The molecule has 0 aromatic heterocycles. The average molecular weight is 437 g/mol. The molecule has 4 N–H and O–H groups in total. The summed E-state index contributed by atoms with van der Waals surface area (Å²) >= 11 is 0. The molecule has 8 heteroatoms. The molecule has 32 heavy (non-hydrogen) atoms. The van der Waals surface area contributed by atoms with Crippen molar-refractivity contribution >= 4 is 23.6 Å². The monoisotopic (exact) mass is 436 g/mol. The largest absolute Gasteiger partial charge is 0.356 e. The molecule has 1 heterocycles. The first kappa shape index (κ1) is 23.1. The minimum Gasteiger partial charge on any atom is -0.356 e. The van der Waals surface area contributed by atoms with Crippen LogP contribution in [-0.4, -0.2) is 56.5 Å². The number of guanidine groups is 1. The number of nitrogens with one attached hydrogen (secondary N) is 4. The van der Waals surface area contributed by atoms with Crippen LogP contribution in [0.5, 0.6) is 0 Å². The van der Waals surface area contributed by atoms with Crippen LogP contribution >= 0.6 is 0 Å². The van der Waals surface area contributed by atoms with Gasteiger partial charge in [-0.2, -0.15) is 0 Å². The van der Waals surface area contributed by atoms with Gasteiger partial charge < -0.3 is 26.2 Å². The van der Waals surface area contributed by atoms with E-state index in [1.165, 1.54) is 0 Å². The number of anilines is 1. The first-order chi connectivity index (χ1) is 15.6. The Kier molecular flexibility index (Phi) is 8.48. The summed E-state index contributed by atoms with van der Waals surface area (Å²) in [6, 6.07) is 15.4. The van der Waals surface area contributed by atoms with Gasteiger partial charge in [0.15, 0.2) is 5.96 Å². The first-order valence-corrected chi connectivity index (χ1v) is 11.0.